The number of nitrogens with zero attached hydrogens (tertiary/aromatic N) is 1. The van der Waals surface area contributed by atoms with Crippen molar-refractivity contribution in [1.29, 1.82) is 0 Å². The van der Waals surface area contributed by atoms with E-state index >= 15 is 0 Å². The lowest BCUT2D eigenvalue weighted by Gasteiger charge is -2.18. The highest BCUT2D eigenvalue weighted by Crippen LogP contribution is 2.44. The summed E-state index contributed by atoms with van der Waals surface area (Å²) >= 11 is 0. The molecule has 0 fully saturated rings. The van der Waals surface area contributed by atoms with Gasteiger partial charge >= 0.3 is 6.09 Å². The number of hydrogen-bond acceptors (Lipinski definition) is 6. The Bertz CT molecular complexity index is 1010. The number of aliphatic hydroxyl groups is 2. The third kappa shape index (κ3) is 4.19. The van der Waals surface area contributed by atoms with Gasteiger partial charge in [-0.2, -0.15) is 0 Å². The van der Waals surface area contributed by atoms with Gasteiger partial charge in [-0.1, -0.05) is 53.7 Å². The number of benzene rings is 2. The minimum atomic E-state index is -1.13. The molecular formula is C24H26N2O5. The second-order valence-corrected chi connectivity index (χ2v) is 7.79. The highest BCUT2D eigenvalue weighted by atomic mass is 16.5. The van der Waals surface area contributed by atoms with E-state index in [0.717, 1.165) is 11.1 Å². The maximum Gasteiger partial charge on any atom is 0.407 e. The molecular weight excluding hydrogens is 396 g/mol. The largest absolute Gasteiger partial charge is 0.449 e. The van der Waals surface area contributed by atoms with Gasteiger partial charge in [-0.25, -0.2) is 4.79 Å². The van der Waals surface area contributed by atoms with Crippen molar-refractivity contribution in [2.75, 3.05) is 13.2 Å². The van der Waals surface area contributed by atoms with Gasteiger partial charge in [-0.15, -0.1) is 0 Å². The van der Waals surface area contributed by atoms with E-state index in [0.29, 0.717) is 17.0 Å². The zero-order valence-corrected chi connectivity index (χ0v) is 17.5. The van der Waals surface area contributed by atoms with E-state index < -0.39 is 18.3 Å². The highest BCUT2D eigenvalue weighted by Gasteiger charge is 2.29. The van der Waals surface area contributed by atoms with Gasteiger partial charge in [0.15, 0.2) is 0 Å². The number of nitrogens with one attached hydrogen (secondary N) is 1. The van der Waals surface area contributed by atoms with Crippen LogP contribution in [0.3, 0.4) is 0 Å². The number of carbonyl (C=O) groups is 1. The second kappa shape index (κ2) is 8.91. The number of fused-ring (bicyclic) bond motifs is 3. The SMILES string of the molecule is Cc1noc(C)c1C(O)C(O)CCNC(=O)OCC1c2ccccc2-c2ccccc21. The van der Waals surface area contributed by atoms with Gasteiger partial charge in [0.1, 0.15) is 18.5 Å². The highest BCUT2D eigenvalue weighted by molar-refractivity contribution is 5.79. The topological polar surface area (TPSA) is 105 Å². The Labute approximate surface area is 180 Å². The molecule has 1 amide bonds. The van der Waals surface area contributed by atoms with E-state index in [9.17, 15) is 15.0 Å². The molecule has 3 aromatic rings. The second-order valence-electron chi connectivity index (χ2n) is 7.79. The quantitative estimate of drug-likeness (QED) is 0.537. The maximum absolute atomic E-state index is 12.2. The predicted octanol–water partition coefficient (Wildman–Crippen LogP) is 3.61. The molecule has 1 aromatic heterocycles. The molecule has 2 aromatic carbocycles. The molecule has 1 aliphatic carbocycles. The molecule has 7 nitrogen and oxygen atoms in total. The Kier molecular flexibility index (Phi) is 6.06. The van der Waals surface area contributed by atoms with Gasteiger partial charge in [-0.3, -0.25) is 0 Å². The first-order valence-corrected chi connectivity index (χ1v) is 10.3. The first-order chi connectivity index (χ1) is 15.0. The van der Waals surface area contributed by atoms with Crippen LogP contribution in [0.25, 0.3) is 11.1 Å². The van der Waals surface area contributed by atoms with E-state index in [1.54, 1.807) is 13.8 Å². The van der Waals surface area contributed by atoms with Crippen LogP contribution in [-0.2, 0) is 4.74 Å². The summed E-state index contributed by atoms with van der Waals surface area (Å²) in [6, 6.07) is 16.3. The van der Waals surface area contributed by atoms with Gasteiger partial charge < -0.3 is 24.8 Å². The van der Waals surface area contributed by atoms with E-state index in [1.165, 1.54) is 11.1 Å². The standard InChI is InChI=1S/C24H26N2O5/c1-14-22(15(2)31-26-14)23(28)21(27)11-12-25-24(29)30-13-20-18-9-5-3-7-16(18)17-8-4-6-10-19(17)20/h3-10,20-21,23,27-28H,11-13H2,1-2H3,(H,25,29). The lowest BCUT2D eigenvalue weighted by Crippen LogP contribution is -2.30. The normalized spacial score (nSPS) is 14.6. The van der Waals surface area contributed by atoms with Crippen LogP contribution in [0.15, 0.2) is 53.1 Å². The van der Waals surface area contributed by atoms with Crippen LogP contribution < -0.4 is 5.32 Å². The van der Waals surface area contributed by atoms with Crippen molar-refractivity contribution in [3.63, 3.8) is 0 Å². The molecule has 0 spiro atoms. The number of ether oxygens (including phenoxy) is 1. The van der Waals surface area contributed by atoms with Crippen LogP contribution in [0.1, 0.15) is 46.6 Å². The first kappa shape index (κ1) is 21.1. The zero-order valence-electron chi connectivity index (χ0n) is 17.5. The summed E-state index contributed by atoms with van der Waals surface area (Å²) in [6.45, 7) is 3.78. The van der Waals surface area contributed by atoms with E-state index in [2.05, 4.69) is 34.7 Å². The van der Waals surface area contributed by atoms with Crippen molar-refractivity contribution in [3.05, 3.63) is 76.7 Å². The van der Waals surface area contributed by atoms with Crippen molar-refractivity contribution >= 4 is 6.09 Å². The molecule has 1 aliphatic rings. The molecule has 0 saturated heterocycles. The molecule has 0 radical (unpaired) electrons. The van der Waals surface area contributed by atoms with Gasteiger partial charge in [0.25, 0.3) is 0 Å². The third-order valence-electron chi connectivity index (χ3n) is 5.80. The van der Waals surface area contributed by atoms with Crippen LogP contribution in [0.2, 0.25) is 0 Å². The summed E-state index contributed by atoms with van der Waals surface area (Å²) in [5.74, 6) is 0.457. The molecule has 0 bridgehead atoms. The van der Waals surface area contributed by atoms with E-state index in [1.807, 2.05) is 24.3 Å². The van der Waals surface area contributed by atoms with Crippen molar-refractivity contribution < 1.29 is 24.3 Å². The molecule has 2 unspecified atom stereocenters. The summed E-state index contributed by atoms with van der Waals surface area (Å²) in [4.78, 5) is 12.2. The molecule has 2 atom stereocenters. The van der Waals surface area contributed by atoms with Gasteiger partial charge in [-0.05, 0) is 42.5 Å². The molecule has 1 heterocycles. The number of alkyl carbamates (subject to hydrolysis) is 1. The summed E-state index contributed by atoms with van der Waals surface area (Å²) in [6.07, 6.45) is -2.59. The molecule has 7 heteroatoms. The molecule has 0 saturated carbocycles. The lowest BCUT2D eigenvalue weighted by atomic mass is 9.98. The van der Waals surface area contributed by atoms with Gasteiger partial charge in [0.2, 0.25) is 0 Å². The van der Waals surface area contributed by atoms with Crippen LogP contribution in [0.4, 0.5) is 4.79 Å². The third-order valence-corrected chi connectivity index (χ3v) is 5.80. The fraction of sp³-hybridized carbons (Fsp3) is 0.333. The number of rotatable bonds is 7. The van der Waals surface area contributed by atoms with E-state index in [4.69, 9.17) is 9.26 Å². The first-order valence-electron chi connectivity index (χ1n) is 10.3. The summed E-state index contributed by atoms with van der Waals surface area (Å²) in [5, 5.41) is 27.0. The summed E-state index contributed by atoms with van der Waals surface area (Å²) < 4.78 is 10.5. The van der Waals surface area contributed by atoms with Crippen molar-refractivity contribution in [1.82, 2.24) is 10.5 Å². The minimum Gasteiger partial charge on any atom is -0.449 e. The predicted molar refractivity (Wildman–Crippen MR) is 115 cm³/mol. The zero-order chi connectivity index (χ0) is 22.0. The number of hydrogen-bond donors (Lipinski definition) is 3. The average molecular weight is 422 g/mol. The van der Waals surface area contributed by atoms with Crippen molar-refractivity contribution in [2.45, 2.75) is 38.4 Å². The molecule has 162 valence electrons. The van der Waals surface area contributed by atoms with Crippen molar-refractivity contribution in [3.8, 4) is 11.1 Å². The molecule has 0 aliphatic heterocycles. The van der Waals surface area contributed by atoms with Crippen LogP contribution in [0, 0.1) is 13.8 Å². The van der Waals surface area contributed by atoms with Crippen LogP contribution >= 0.6 is 0 Å². The van der Waals surface area contributed by atoms with E-state index in [-0.39, 0.29) is 25.5 Å². The number of aromatic nitrogens is 1. The van der Waals surface area contributed by atoms with Crippen LogP contribution in [-0.4, -0.2) is 40.7 Å². The monoisotopic (exact) mass is 422 g/mol. The fourth-order valence-corrected chi connectivity index (χ4v) is 4.23. The Morgan fingerprint density at radius 3 is 2.29 bits per heavy atom. The lowest BCUT2D eigenvalue weighted by molar-refractivity contribution is 0.0125. The fourth-order valence-electron chi connectivity index (χ4n) is 4.23. The number of aliphatic hydroxyl groups excluding tert-OH is 2. The smallest absolute Gasteiger partial charge is 0.407 e. The Morgan fingerprint density at radius 1 is 1.10 bits per heavy atom. The molecule has 3 N–H and O–H groups in total. The van der Waals surface area contributed by atoms with Gasteiger partial charge in [0, 0.05) is 18.0 Å². The molecule has 31 heavy (non-hydrogen) atoms. The number of aryl methyl sites for hydroxylation is 2. The summed E-state index contributed by atoms with van der Waals surface area (Å²) in [7, 11) is 0. The Balaban J connectivity index is 1.29. The van der Waals surface area contributed by atoms with Crippen molar-refractivity contribution in [2.24, 2.45) is 0 Å². The van der Waals surface area contributed by atoms with Gasteiger partial charge in [0.05, 0.1) is 11.8 Å². The Morgan fingerprint density at radius 2 is 1.71 bits per heavy atom. The molecule has 4 rings (SSSR count). The van der Waals surface area contributed by atoms with Crippen LogP contribution in [0.5, 0.6) is 0 Å². The summed E-state index contributed by atoms with van der Waals surface area (Å²) in [5.41, 5.74) is 5.65. The minimum absolute atomic E-state index is 0.00916. The Hall–Kier alpha value is -3.16. The number of carbonyl (C=O) groups excluding carboxylic acids is 1. The average Bonchev–Trinajstić information content (AvgIpc) is 3.28. The maximum atomic E-state index is 12.2. The number of amides is 1.